The number of ether oxygens (including phenoxy) is 1. The van der Waals surface area contributed by atoms with Gasteiger partial charge < -0.3 is 15.4 Å². The van der Waals surface area contributed by atoms with Gasteiger partial charge in [0, 0.05) is 32.2 Å². The number of piperazine rings is 1. The Hall–Kier alpha value is -1.75. The number of methoxy groups -OCH3 is 1. The Balaban J connectivity index is 2.07. The van der Waals surface area contributed by atoms with Crippen LogP contribution in [0.3, 0.4) is 0 Å². The summed E-state index contributed by atoms with van der Waals surface area (Å²) < 4.78 is 5.28. The molecule has 2 rings (SSSR count). The molecule has 1 unspecified atom stereocenters. The highest BCUT2D eigenvalue weighted by molar-refractivity contribution is 5.98. The minimum atomic E-state index is 0.00273. The Morgan fingerprint density at radius 1 is 1.33 bits per heavy atom. The lowest BCUT2D eigenvalue weighted by atomic mass is 10.1. The highest BCUT2D eigenvalue weighted by Gasteiger charge is 2.26. The van der Waals surface area contributed by atoms with Gasteiger partial charge in [-0.15, -0.1) is 0 Å². The van der Waals surface area contributed by atoms with Crippen molar-refractivity contribution >= 4 is 11.6 Å². The highest BCUT2D eigenvalue weighted by atomic mass is 16.5. The fraction of sp³-hybridized carbons (Fsp3) is 0.562. The topological polar surface area (TPSA) is 58.8 Å². The molecule has 1 amide bonds. The summed E-state index contributed by atoms with van der Waals surface area (Å²) in [6, 6.07) is 5.89. The molecule has 1 aliphatic rings. The summed E-state index contributed by atoms with van der Waals surface area (Å²) in [6.45, 7) is 7.78. The first kappa shape index (κ1) is 15.6. The van der Waals surface area contributed by atoms with E-state index in [0.717, 1.165) is 32.6 Å². The van der Waals surface area contributed by atoms with E-state index in [1.807, 2.05) is 4.90 Å². The zero-order valence-corrected chi connectivity index (χ0v) is 13.1. The van der Waals surface area contributed by atoms with Gasteiger partial charge >= 0.3 is 0 Å². The third-order valence-electron chi connectivity index (χ3n) is 4.30. The molecular weight excluding hydrogens is 266 g/mol. The van der Waals surface area contributed by atoms with Crippen molar-refractivity contribution in [1.29, 1.82) is 0 Å². The lowest BCUT2D eigenvalue weighted by molar-refractivity contribution is 0.0577. The summed E-state index contributed by atoms with van der Waals surface area (Å²) in [4.78, 5) is 17.0. The number of nitrogen functional groups attached to an aromatic ring is 1. The second-order valence-corrected chi connectivity index (χ2v) is 5.51. The van der Waals surface area contributed by atoms with Gasteiger partial charge in [-0.1, -0.05) is 13.0 Å². The van der Waals surface area contributed by atoms with Crippen molar-refractivity contribution in [3.8, 4) is 5.75 Å². The van der Waals surface area contributed by atoms with Crippen molar-refractivity contribution in [3.63, 3.8) is 0 Å². The van der Waals surface area contributed by atoms with Crippen molar-refractivity contribution in [2.24, 2.45) is 0 Å². The van der Waals surface area contributed by atoms with Gasteiger partial charge in [-0.25, -0.2) is 0 Å². The number of nitrogens with zero attached hydrogens (tertiary/aromatic N) is 2. The van der Waals surface area contributed by atoms with Crippen LogP contribution in [0.15, 0.2) is 18.2 Å². The van der Waals surface area contributed by atoms with Crippen LogP contribution < -0.4 is 10.5 Å². The van der Waals surface area contributed by atoms with Crippen LogP contribution in [0.1, 0.15) is 30.6 Å². The zero-order chi connectivity index (χ0) is 15.4. The van der Waals surface area contributed by atoms with Crippen LogP contribution in [0, 0.1) is 0 Å². The average molecular weight is 291 g/mol. The molecule has 1 fully saturated rings. The van der Waals surface area contributed by atoms with E-state index in [0.29, 0.717) is 23.0 Å². The van der Waals surface area contributed by atoms with E-state index in [2.05, 4.69) is 18.7 Å². The Morgan fingerprint density at radius 2 is 2.00 bits per heavy atom. The summed E-state index contributed by atoms with van der Waals surface area (Å²) in [7, 11) is 1.54. The summed E-state index contributed by atoms with van der Waals surface area (Å²) in [6.07, 6.45) is 1.14. The van der Waals surface area contributed by atoms with E-state index in [1.54, 1.807) is 25.3 Å². The number of para-hydroxylation sites is 1. The van der Waals surface area contributed by atoms with Crippen LogP contribution in [0.25, 0.3) is 0 Å². The van der Waals surface area contributed by atoms with Gasteiger partial charge in [-0.3, -0.25) is 9.69 Å². The monoisotopic (exact) mass is 291 g/mol. The van der Waals surface area contributed by atoms with Crippen molar-refractivity contribution in [2.45, 2.75) is 26.3 Å². The van der Waals surface area contributed by atoms with Crippen LogP contribution in [0.5, 0.6) is 5.75 Å². The summed E-state index contributed by atoms with van der Waals surface area (Å²) in [5.74, 6) is 0.481. The SMILES string of the molecule is CCC(C)N1CCN(C(=O)c2cccc(N)c2OC)CC1. The molecule has 0 bridgehead atoms. The third kappa shape index (κ3) is 3.29. The number of amides is 1. The van der Waals surface area contributed by atoms with Crippen molar-refractivity contribution in [1.82, 2.24) is 9.80 Å². The third-order valence-corrected chi connectivity index (χ3v) is 4.30. The largest absolute Gasteiger partial charge is 0.494 e. The molecule has 2 N–H and O–H groups in total. The van der Waals surface area contributed by atoms with Gasteiger partial charge in [0.25, 0.3) is 5.91 Å². The molecule has 1 saturated heterocycles. The van der Waals surface area contributed by atoms with Gasteiger partial charge in [0.15, 0.2) is 5.75 Å². The first-order valence-electron chi connectivity index (χ1n) is 7.54. The fourth-order valence-corrected chi connectivity index (χ4v) is 2.75. The lowest BCUT2D eigenvalue weighted by Gasteiger charge is -2.38. The molecule has 0 aromatic heterocycles. The Morgan fingerprint density at radius 3 is 2.57 bits per heavy atom. The second kappa shape index (κ2) is 6.80. The molecule has 1 atom stereocenters. The molecule has 1 aromatic carbocycles. The van der Waals surface area contributed by atoms with Crippen molar-refractivity contribution < 1.29 is 9.53 Å². The van der Waals surface area contributed by atoms with E-state index in [9.17, 15) is 4.79 Å². The maximum Gasteiger partial charge on any atom is 0.257 e. The van der Waals surface area contributed by atoms with Gasteiger partial charge in [0.1, 0.15) is 0 Å². The predicted molar refractivity (Wildman–Crippen MR) is 84.6 cm³/mol. The summed E-state index contributed by atoms with van der Waals surface area (Å²) in [5, 5.41) is 0. The number of nitrogens with two attached hydrogens (primary N) is 1. The number of carbonyl (C=O) groups is 1. The minimum absolute atomic E-state index is 0.00273. The van der Waals surface area contributed by atoms with Crippen LogP contribution in [0.4, 0.5) is 5.69 Å². The molecular formula is C16H25N3O2. The van der Waals surface area contributed by atoms with E-state index in [-0.39, 0.29) is 5.91 Å². The van der Waals surface area contributed by atoms with Gasteiger partial charge in [-0.2, -0.15) is 0 Å². The van der Waals surface area contributed by atoms with Crippen molar-refractivity contribution in [3.05, 3.63) is 23.8 Å². The van der Waals surface area contributed by atoms with Crippen LogP contribution in [-0.2, 0) is 0 Å². The highest BCUT2D eigenvalue weighted by Crippen LogP contribution is 2.27. The molecule has 1 aromatic rings. The van der Waals surface area contributed by atoms with E-state index < -0.39 is 0 Å². The average Bonchev–Trinajstić information content (AvgIpc) is 2.53. The normalized spacial score (nSPS) is 17.6. The standard InChI is InChI=1S/C16H25N3O2/c1-4-12(2)18-8-10-19(11-9-18)16(20)13-6-5-7-14(17)15(13)21-3/h5-7,12H,4,8-11,17H2,1-3H3. The number of rotatable bonds is 4. The summed E-state index contributed by atoms with van der Waals surface area (Å²) in [5.41, 5.74) is 6.93. The van der Waals surface area contributed by atoms with Crippen LogP contribution >= 0.6 is 0 Å². The maximum absolute atomic E-state index is 12.6. The molecule has 21 heavy (non-hydrogen) atoms. The number of anilines is 1. The number of benzene rings is 1. The maximum atomic E-state index is 12.6. The van der Waals surface area contributed by atoms with E-state index in [4.69, 9.17) is 10.5 Å². The second-order valence-electron chi connectivity index (χ2n) is 5.51. The minimum Gasteiger partial charge on any atom is -0.494 e. The molecule has 5 heteroatoms. The first-order chi connectivity index (χ1) is 10.1. The molecule has 1 heterocycles. The van der Waals surface area contributed by atoms with Gasteiger partial charge in [-0.05, 0) is 25.5 Å². The van der Waals surface area contributed by atoms with Gasteiger partial charge in [0.2, 0.25) is 0 Å². The van der Waals surface area contributed by atoms with Crippen molar-refractivity contribution in [2.75, 3.05) is 39.0 Å². The van der Waals surface area contributed by atoms with Gasteiger partial charge in [0.05, 0.1) is 18.4 Å². The van der Waals surface area contributed by atoms with E-state index in [1.165, 1.54) is 0 Å². The molecule has 0 saturated carbocycles. The fourth-order valence-electron chi connectivity index (χ4n) is 2.75. The Labute approximate surface area is 126 Å². The lowest BCUT2D eigenvalue weighted by Crippen LogP contribution is -2.51. The smallest absolute Gasteiger partial charge is 0.257 e. The zero-order valence-electron chi connectivity index (χ0n) is 13.1. The molecule has 0 radical (unpaired) electrons. The predicted octanol–water partition coefficient (Wildman–Crippen LogP) is 1.83. The van der Waals surface area contributed by atoms with Crippen LogP contribution in [0.2, 0.25) is 0 Å². The molecule has 1 aliphatic heterocycles. The molecule has 5 nitrogen and oxygen atoms in total. The summed E-state index contributed by atoms with van der Waals surface area (Å²) >= 11 is 0. The van der Waals surface area contributed by atoms with Crippen LogP contribution in [-0.4, -0.2) is 55.0 Å². The quantitative estimate of drug-likeness (QED) is 0.860. The molecule has 0 aliphatic carbocycles. The Kier molecular flexibility index (Phi) is 5.07. The number of carbonyl (C=O) groups excluding carboxylic acids is 1. The van der Waals surface area contributed by atoms with E-state index >= 15 is 0 Å². The molecule has 116 valence electrons. The molecule has 0 spiro atoms. The Bertz CT molecular complexity index is 496. The number of hydrogen-bond acceptors (Lipinski definition) is 4. The first-order valence-corrected chi connectivity index (χ1v) is 7.54. The number of hydrogen-bond donors (Lipinski definition) is 1.